The largest absolute Gasteiger partial charge is 0.394 e. The molecule has 7 heterocycles. The van der Waals surface area contributed by atoms with Crippen LogP contribution in [0.5, 0.6) is 0 Å². The van der Waals surface area contributed by atoms with Crippen LogP contribution in [0.4, 0.5) is 0 Å². The summed E-state index contributed by atoms with van der Waals surface area (Å²) in [6.07, 6.45) is -59.7. The van der Waals surface area contributed by atoms with Crippen molar-refractivity contribution in [3.8, 4) is 0 Å². The summed E-state index contributed by atoms with van der Waals surface area (Å²) in [6, 6.07) is -6.32. The molecule has 0 saturated carbocycles. The van der Waals surface area contributed by atoms with E-state index < -0.39 is 284 Å². The van der Waals surface area contributed by atoms with Gasteiger partial charge in [0.2, 0.25) is 23.6 Å². The minimum atomic E-state index is -2.42. The number of carbonyl (C=O) groups is 4. The van der Waals surface area contributed by atoms with Gasteiger partial charge in [-0.2, -0.15) is 0 Å². The van der Waals surface area contributed by atoms with Crippen LogP contribution in [0.15, 0.2) is 0 Å². The Hall–Kier alpha value is -3.36. The molecule has 0 aromatic carbocycles. The summed E-state index contributed by atoms with van der Waals surface area (Å²) in [4.78, 5) is 49.7. The summed E-state index contributed by atoms with van der Waals surface area (Å²) in [6.45, 7) is -1.24. The van der Waals surface area contributed by atoms with E-state index in [-0.39, 0.29) is 0 Å². The van der Waals surface area contributed by atoms with Gasteiger partial charge >= 0.3 is 0 Å². The van der Waals surface area contributed by atoms with Gasteiger partial charge in [0.05, 0.1) is 58.4 Å². The number of ether oxygens (including phenoxy) is 13. The molecular weight excluding hydrogens is 1230 g/mol. The van der Waals surface area contributed by atoms with E-state index in [1.165, 1.54) is 6.92 Å². The highest BCUT2D eigenvalue weighted by molar-refractivity contribution is 5.74. The minimum absolute atomic E-state index is 0.591. The smallest absolute Gasteiger partial charge is 0.217 e. The van der Waals surface area contributed by atoms with Gasteiger partial charge in [-0.05, 0) is 6.92 Å². The highest BCUT2D eigenvalue weighted by Gasteiger charge is 2.59. The van der Waals surface area contributed by atoms with Crippen LogP contribution in [-0.2, 0) is 80.8 Å². The second kappa shape index (κ2) is 32.4. The molecule has 520 valence electrons. The Bertz CT molecular complexity index is 2310. The normalized spacial score (nSPS) is 47.6. The molecule has 0 aromatic heterocycles. The Morgan fingerprint density at radius 1 is 0.300 bits per heavy atom. The topological polar surface area (TPSA) is 601 Å². The summed E-state index contributed by atoms with van der Waals surface area (Å²) < 4.78 is 77.4. The fraction of sp³-hybridized carbons (Fsp3) is 0.922. The number of rotatable bonds is 23. The van der Waals surface area contributed by atoms with Crippen molar-refractivity contribution in [2.45, 2.75) is 249 Å². The Morgan fingerprint density at radius 2 is 0.600 bits per heavy atom. The minimum Gasteiger partial charge on any atom is -0.394 e. The van der Waals surface area contributed by atoms with Gasteiger partial charge in [-0.25, -0.2) is 0 Å². The number of carbonyl (C=O) groups excluding carboxylic acids is 4. The Labute approximate surface area is 512 Å². The standard InChI is InChI=1S/C51H86N4O35/c1-13-25(52-14(2)62)36(73)41(22(10-60)79-13)86-48-28(55-17(5)65)37(74)42(23(11-61)84-48)87-49-40(77)43(88-51-45(39(76)32(69)21(9-59)83-51)90-47-27(54-16(4)64)35(72)30(67)19(7-57)81-47)33(70)24(85-49)12-78-50-44(38(75)31(68)20(8-58)82-50)89-46-26(53-15(3)63)34(71)29(66)18(6-56)80-46/h13,18-51,56-61,66-77H,6-12H2,1-5H3,(H,52,62)(H,53,63)(H,54,64)(H,55,65)/t13-,18+,19?,20?,21?,22?,23?,24?,25?,26?,27?,28?,29+,30-,31-,32-,33-,34?,35+,36+,37+,38-,39?,40?,41-,42-,43-,44?,45?,46+,47-,48-,49-,50+,51-/m0/s1. The Balaban J connectivity index is 1.25. The number of aliphatic hydroxyl groups excluding tert-OH is 18. The summed E-state index contributed by atoms with van der Waals surface area (Å²) >= 11 is 0. The van der Waals surface area contributed by atoms with Crippen molar-refractivity contribution in [1.29, 1.82) is 0 Å². The molecule has 39 heteroatoms. The van der Waals surface area contributed by atoms with Crippen LogP contribution in [0, 0.1) is 0 Å². The first-order valence-corrected chi connectivity index (χ1v) is 28.9. The van der Waals surface area contributed by atoms with Gasteiger partial charge in [-0.3, -0.25) is 19.2 Å². The molecule has 0 radical (unpaired) electrons. The highest BCUT2D eigenvalue weighted by Crippen LogP contribution is 2.38. The summed E-state index contributed by atoms with van der Waals surface area (Å²) in [5.74, 6) is -3.06. The summed E-state index contributed by atoms with van der Waals surface area (Å²) in [5, 5.41) is 209. The average Bonchev–Trinajstić information content (AvgIpc) is 0.859. The van der Waals surface area contributed by atoms with E-state index in [0.717, 1.165) is 27.7 Å². The van der Waals surface area contributed by atoms with Crippen molar-refractivity contribution in [1.82, 2.24) is 21.3 Å². The molecule has 15 unspecified atom stereocenters. The van der Waals surface area contributed by atoms with Gasteiger partial charge in [0.1, 0.15) is 165 Å². The van der Waals surface area contributed by atoms with Crippen molar-refractivity contribution in [3.63, 3.8) is 0 Å². The fourth-order valence-electron chi connectivity index (χ4n) is 11.7. The molecule has 7 saturated heterocycles. The third-order valence-electron chi connectivity index (χ3n) is 16.4. The fourth-order valence-corrected chi connectivity index (χ4v) is 11.7. The van der Waals surface area contributed by atoms with Gasteiger partial charge < -0.3 is 175 Å². The van der Waals surface area contributed by atoms with Gasteiger partial charge in [0.25, 0.3) is 0 Å². The zero-order valence-corrected chi connectivity index (χ0v) is 49.1. The van der Waals surface area contributed by atoms with Crippen LogP contribution in [0.1, 0.15) is 34.6 Å². The predicted molar refractivity (Wildman–Crippen MR) is 282 cm³/mol. The molecular formula is C51H86N4O35. The lowest BCUT2D eigenvalue weighted by molar-refractivity contribution is -0.395. The molecule has 0 spiro atoms. The molecule has 0 bridgehead atoms. The maximum absolute atomic E-state index is 12.8. The molecule has 90 heavy (non-hydrogen) atoms. The molecule has 22 N–H and O–H groups in total. The van der Waals surface area contributed by atoms with Crippen LogP contribution in [0.25, 0.3) is 0 Å². The molecule has 0 aliphatic carbocycles. The molecule has 7 fully saturated rings. The van der Waals surface area contributed by atoms with E-state index in [1.807, 2.05) is 0 Å². The zero-order chi connectivity index (χ0) is 66.5. The van der Waals surface area contributed by atoms with Gasteiger partial charge in [0, 0.05) is 27.7 Å². The van der Waals surface area contributed by atoms with E-state index in [4.69, 9.17) is 61.6 Å². The first kappa shape index (κ1) is 74.0. The second-order valence-corrected chi connectivity index (χ2v) is 22.9. The van der Waals surface area contributed by atoms with Crippen molar-refractivity contribution < 1.29 is 173 Å². The van der Waals surface area contributed by atoms with Gasteiger partial charge in [0.15, 0.2) is 37.7 Å². The molecule has 0 aromatic rings. The summed E-state index contributed by atoms with van der Waals surface area (Å²) in [7, 11) is 0. The van der Waals surface area contributed by atoms with Crippen LogP contribution in [0.2, 0.25) is 0 Å². The lowest BCUT2D eigenvalue weighted by Gasteiger charge is -2.51. The van der Waals surface area contributed by atoms with Crippen LogP contribution in [-0.4, -0.2) is 376 Å². The number of hydrogen-bond acceptors (Lipinski definition) is 35. The van der Waals surface area contributed by atoms with E-state index >= 15 is 0 Å². The van der Waals surface area contributed by atoms with E-state index in [0.29, 0.717) is 0 Å². The van der Waals surface area contributed by atoms with Crippen LogP contribution < -0.4 is 21.3 Å². The predicted octanol–water partition coefficient (Wildman–Crippen LogP) is -14.6. The Kier molecular flexibility index (Phi) is 26.6. The molecule has 35 atom stereocenters. The quantitative estimate of drug-likeness (QED) is 0.0452. The zero-order valence-electron chi connectivity index (χ0n) is 49.1. The van der Waals surface area contributed by atoms with Crippen molar-refractivity contribution >= 4 is 23.6 Å². The number of nitrogens with one attached hydrogen (secondary N) is 4. The molecule has 7 aliphatic heterocycles. The van der Waals surface area contributed by atoms with E-state index in [9.17, 15) is 111 Å². The maximum atomic E-state index is 12.8. The molecule has 4 amide bonds. The van der Waals surface area contributed by atoms with Gasteiger partial charge in [-0.1, -0.05) is 0 Å². The van der Waals surface area contributed by atoms with Crippen molar-refractivity contribution in [2.75, 3.05) is 46.2 Å². The lowest BCUT2D eigenvalue weighted by atomic mass is 9.92. The third kappa shape index (κ3) is 16.5. The lowest BCUT2D eigenvalue weighted by Crippen LogP contribution is -2.70. The molecule has 39 nitrogen and oxygen atoms in total. The van der Waals surface area contributed by atoms with E-state index in [2.05, 4.69) is 21.3 Å². The third-order valence-corrected chi connectivity index (χ3v) is 16.4. The second-order valence-electron chi connectivity index (χ2n) is 22.9. The number of amides is 4. The first-order valence-electron chi connectivity index (χ1n) is 28.9. The van der Waals surface area contributed by atoms with E-state index in [1.54, 1.807) is 0 Å². The maximum Gasteiger partial charge on any atom is 0.217 e. The number of aliphatic hydroxyl groups is 18. The first-order chi connectivity index (χ1) is 42.5. The van der Waals surface area contributed by atoms with Crippen LogP contribution in [0.3, 0.4) is 0 Å². The SMILES string of the molecule is CC(=O)NC1C(O)[C@H](O)[C@@H](CO)O[C@@H]1OC1[C@H](OCC2O[C@@H](O[C@H]3C(CO)O[C@@H](O[C@H]4C(CO)O[C@@H](C)C(NC(C)=O)[C@H]4O)C(NC(C)=O)[C@H]3O)C(O)[C@@H](O[C@@H]3OC(CO)[C@H](O)C(O)C3O[C@@H]3OC(CO)[C@H](O)[C@H](O)C3NC(C)=O)[C@H]2O)OC(CO)[C@H](O)[C@@H]1O. The highest BCUT2D eigenvalue weighted by atomic mass is 16.8. The Morgan fingerprint density at radius 3 is 1.02 bits per heavy atom. The monoisotopic (exact) mass is 1310 g/mol. The van der Waals surface area contributed by atoms with Gasteiger partial charge in [-0.15, -0.1) is 0 Å². The van der Waals surface area contributed by atoms with Crippen molar-refractivity contribution in [3.05, 3.63) is 0 Å². The van der Waals surface area contributed by atoms with Crippen LogP contribution >= 0.6 is 0 Å². The van der Waals surface area contributed by atoms with Crippen molar-refractivity contribution in [2.24, 2.45) is 0 Å². The average molecular weight is 1320 g/mol. The summed E-state index contributed by atoms with van der Waals surface area (Å²) in [5.41, 5.74) is 0. The molecule has 7 aliphatic rings. The molecule has 7 rings (SSSR count). The number of hydrogen-bond donors (Lipinski definition) is 22.